The molecule has 0 aliphatic rings. The monoisotopic (exact) mass is 142 g/mol. The van der Waals surface area contributed by atoms with Gasteiger partial charge < -0.3 is 9.42 Å². The molecule has 8 heavy (non-hydrogen) atoms. The van der Waals surface area contributed by atoms with Gasteiger partial charge in [0.15, 0.2) is 6.67 Å². The van der Waals surface area contributed by atoms with Crippen LogP contribution in [0.4, 0.5) is 4.39 Å². The maximum atomic E-state index is 11.0. The molecule has 0 spiro atoms. The Morgan fingerprint density at radius 2 is 2.38 bits per heavy atom. The molecule has 4 nitrogen and oxygen atoms in total. The fourth-order valence-electron chi connectivity index (χ4n) is 0.125. The lowest BCUT2D eigenvalue weighted by atomic mass is 10.8. The fraction of sp³-hybridized carbons (Fsp3) is 0.500. The molecule has 1 N–H and O–H groups in total. The van der Waals surface area contributed by atoms with Crippen LogP contribution in [-0.2, 0) is 13.9 Å². The van der Waals surface area contributed by atoms with Crippen molar-refractivity contribution < 1.29 is 23.2 Å². The summed E-state index contributed by atoms with van der Waals surface area (Å²) >= 11 is 0. The van der Waals surface area contributed by atoms with Gasteiger partial charge in [0.2, 0.25) is 0 Å². The van der Waals surface area contributed by atoms with Crippen LogP contribution in [0.25, 0.3) is 0 Å². The number of alkyl halides is 1. The Morgan fingerprint density at radius 3 is 2.50 bits per heavy atom. The van der Waals surface area contributed by atoms with Crippen LogP contribution in [0.1, 0.15) is 0 Å². The maximum Gasteiger partial charge on any atom is 0.367 e. The summed E-state index contributed by atoms with van der Waals surface area (Å²) in [7, 11) is -3.29. The number of hydrogen-bond acceptors (Lipinski definition) is 3. The van der Waals surface area contributed by atoms with E-state index in [-0.39, 0.29) is 0 Å². The standard InChI is InChI=1S/C2H4FO4P/c3-1-2(4)7-8(5)6/h8H,1H2,(H,5,6). The largest absolute Gasteiger partial charge is 0.392 e. The molecule has 0 bridgehead atoms. The summed E-state index contributed by atoms with van der Waals surface area (Å²) in [6, 6.07) is 0. The molecule has 0 aliphatic heterocycles. The quantitative estimate of drug-likeness (QED) is 0.546. The van der Waals surface area contributed by atoms with Crippen molar-refractivity contribution in [2.75, 3.05) is 6.67 Å². The maximum absolute atomic E-state index is 11.0. The smallest absolute Gasteiger partial charge is 0.367 e. The third kappa shape index (κ3) is 3.77. The van der Waals surface area contributed by atoms with E-state index in [0.29, 0.717) is 0 Å². The number of rotatable bonds is 2. The van der Waals surface area contributed by atoms with E-state index in [0.717, 1.165) is 0 Å². The molecule has 0 aromatic carbocycles. The summed E-state index contributed by atoms with van der Waals surface area (Å²) in [6.07, 6.45) is 0. The third-order valence-electron chi connectivity index (χ3n) is 0.310. The summed E-state index contributed by atoms with van der Waals surface area (Å²) in [5.41, 5.74) is 0. The molecule has 48 valence electrons. The van der Waals surface area contributed by atoms with Crippen LogP contribution in [0.5, 0.6) is 0 Å². The number of carbonyl (C=O) groups excluding carboxylic acids is 1. The lowest BCUT2D eigenvalue weighted by Crippen LogP contribution is -1.99. The van der Waals surface area contributed by atoms with Crippen LogP contribution >= 0.6 is 8.25 Å². The number of carbonyl (C=O) groups is 1. The van der Waals surface area contributed by atoms with Crippen LogP contribution < -0.4 is 0 Å². The summed E-state index contributed by atoms with van der Waals surface area (Å²) in [5.74, 6) is -1.31. The minimum Gasteiger partial charge on any atom is -0.392 e. The van der Waals surface area contributed by atoms with Gasteiger partial charge in [-0.25, -0.2) is 13.8 Å². The highest BCUT2D eigenvalue weighted by Crippen LogP contribution is 2.13. The minimum atomic E-state index is -3.29. The minimum absolute atomic E-state index is 1.31. The van der Waals surface area contributed by atoms with E-state index >= 15 is 0 Å². The average molecular weight is 142 g/mol. The Kier molecular flexibility index (Phi) is 3.39. The van der Waals surface area contributed by atoms with E-state index in [2.05, 4.69) is 4.52 Å². The van der Waals surface area contributed by atoms with Gasteiger partial charge in [-0.1, -0.05) is 0 Å². The van der Waals surface area contributed by atoms with E-state index in [9.17, 15) is 13.8 Å². The lowest BCUT2D eigenvalue weighted by Gasteiger charge is -1.91. The van der Waals surface area contributed by atoms with Crippen LogP contribution in [0.3, 0.4) is 0 Å². The molecule has 6 heteroatoms. The van der Waals surface area contributed by atoms with Crippen molar-refractivity contribution in [1.29, 1.82) is 0 Å². The molecule has 0 amide bonds. The highest BCUT2D eigenvalue weighted by atomic mass is 31.1. The first kappa shape index (κ1) is 7.59. The second-order valence-electron chi connectivity index (χ2n) is 0.874. The third-order valence-corrected chi connectivity index (χ3v) is 0.713. The molecule has 0 aromatic rings. The molecular formula is C2H4FO4P. The van der Waals surface area contributed by atoms with Crippen LogP contribution in [-0.4, -0.2) is 17.5 Å². The predicted octanol–water partition coefficient (Wildman–Crippen LogP) is -0.119. The average Bonchev–Trinajstić information content (AvgIpc) is 1.65. The molecule has 0 aliphatic carbocycles. The van der Waals surface area contributed by atoms with Crippen LogP contribution in [0, 0.1) is 0 Å². The fourth-order valence-corrected chi connectivity index (χ4v) is 0.374. The Balaban J connectivity index is 3.40. The van der Waals surface area contributed by atoms with E-state index in [1.165, 1.54) is 0 Å². The van der Waals surface area contributed by atoms with Crippen molar-refractivity contribution in [2.45, 2.75) is 0 Å². The van der Waals surface area contributed by atoms with Gasteiger partial charge in [0.05, 0.1) is 0 Å². The van der Waals surface area contributed by atoms with Gasteiger partial charge >= 0.3 is 14.2 Å². The zero-order valence-corrected chi connectivity index (χ0v) is 4.76. The van der Waals surface area contributed by atoms with Crippen molar-refractivity contribution in [3.05, 3.63) is 0 Å². The Morgan fingerprint density at radius 1 is 1.88 bits per heavy atom. The molecular weight excluding hydrogens is 138 g/mol. The first-order valence-corrected chi connectivity index (χ1v) is 2.92. The Labute approximate surface area is 45.2 Å². The van der Waals surface area contributed by atoms with Gasteiger partial charge in [0, 0.05) is 0 Å². The van der Waals surface area contributed by atoms with Crippen molar-refractivity contribution >= 4 is 14.2 Å². The Bertz CT molecular complexity index is 113. The van der Waals surface area contributed by atoms with Crippen molar-refractivity contribution in [1.82, 2.24) is 0 Å². The molecule has 0 radical (unpaired) electrons. The molecule has 0 heterocycles. The van der Waals surface area contributed by atoms with E-state index in [4.69, 9.17) is 4.89 Å². The number of halogens is 1. The van der Waals surface area contributed by atoms with Gasteiger partial charge in [-0.05, 0) is 0 Å². The van der Waals surface area contributed by atoms with E-state index in [1.807, 2.05) is 0 Å². The second kappa shape index (κ2) is 3.57. The normalized spacial score (nSPS) is 12.8. The van der Waals surface area contributed by atoms with Gasteiger partial charge in [-0.2, -0.15) is 0 Å². The highest BCUT2D eigenvalue weighted by Gasteiger charge is 2.01. The van der Waals surface area contributed by atoms with Gasteiger partial charge in [-0.3, -0.25) is 0 Å². The molecule has 0 aromatic heterocycles. The lowest BCUT2D eigenvalue weighted by molar-refractivity contribution is -0.135. The molecule has 1 atom stereocenters. The summed E-state index contributed by atoms with van der Waals surface area (Å²) in [4.78, 5) is 17.5. The first-order chi connectivity index (χ1) is 3.66. The van der Waals surface area contributed by atoms with Gasteiger partial charge in [0.25, 0.3) is 0 Å². The van der Waals surface area contributed by atoms with Crippen LogP contribution in [0.15, 0.2) is 0 Å². The zero-order valence-electron chi connectivity index (χ0n) is 3.76. The second-order valence-corrected chi connectivity index (χ2v) is 1.61. The van der Waals surface area contributed by atoms with E-state index < -0.39 is 20.9 Å². The topological polar surface area (TPSA) is 63.6 Å². The zero-order chi connectivity index (χ0) is 6.57. The Hall–Kier alpha value is -0.410. The molecule has 0 saturated heterocycles. The highest BCUT2D eigenvalue weighted by molar-refractivity contribution is 7.32. The summed E-state index contributed by atoms with van der Waals surface area (Å²) < 4.78 is 24.1. The summed E-state index contributed by atoms with van der Waals surface area (Å²) in [5, 5.41) is 0. The number of hydrogen-bond donors (Lipinski definition) is 1. The summed E-state index contributed by atoms with van der Waals surface area (Å²) in [6.45, 7) is -1.36. The predicted molar refractivity (Wildman–Crippen MR) is 23.3 cm³/mol. The SMILES string of the molecule is O=C(CF)O[PH](=O)O. The van der Waals surface area contributed by atoms with Crippen LogP contribution in [0.2, 0.25) is 0 Å². The van der Waals surface area contributed by atoms with Crippen molar-refractivity contribution in [3.8, 4) is 0 Å². The van der Waals surface area contributed by atoms with Gasteiger partial charge in [-0.15, -0.1) is 0 Å². The van der Waals surface area contributed by atoms with Gasteiger partial charge in [0.1, 0.15) is 0 Å². The van der Waals surface area contributed by atoms with E-state index in [1.54, 1.807) is 0 Å². The molecule has 0 rings (SSSR count). The van der Waals surface area contributed by atoms with Crippen molar-refractivity contribution in [3.63, 3.8) is 0 Å². The molecule has 0 fully saturated rings. The first-order valence-electron chi connectivity index (χ1n) is 1.66. The van der Waals surface area contributed by atoms with Crippen molar-refractivity contribution in [2.24, 2.45) is 0 Å². The molecule has 1 unspecified atom stereocenters. The molecule has 0 saturated carbocycles.